The van der Waals surface area contributed by atoms with Crippen molar-refractivity contribution in [3.8, 4) is 0 Å². The maximum absolute atomic E-state index is 12.2. The number of sulfonamides is 1. The zero-order valence-corrected chi connectivity index (χ0v) is 15.6. The van der Waals surface area contributed by atoms with Crippen molar-refractivity contribution >= 4 is 27.2 Å². The van der Waals surface area contributed by atoms with Crippen LogP contribution in [0.3, 0.4) is 0 Å². The van der Waals surface area contributed by atoms with Gasteiger partial charge in [0.1, 0.15) is 0 Å². The highest BCUT2D eigenvalue weighted by molar-refractivity contribution is 7.90. The van der Waals surface area contributed by atoms with E-state index in [1.807, 2.05) is 50.2 Å². The normalized spacial score (nSPS) is 11.9. The fourth-order valence-electron chi connectivity index (χ4n) is 2.24. The molecule has 0 saturated carbocycles. The fourth-order valence-corrected chi connectivity index (χ4v) is 3.18. The maximum atomic E-state index is 12.2. The Labute approximate surface area is 149 Å². The molecule has 0 aliphatic rings. The number of nitrogens with zero attached hydrogens (tertiary/aromatic N) is 1. The highest BCUT2D eigenvalue weighted by Crippen LogP contribution is 2.18. The predicted octanol–water partition coefficient (Wildman–Crippen LogP) is 2.97. The van der Waals surface area contributed by atoms with E-state index in [1.165, 1.54) is 18.2 Å². The van der Waals surface area contributed by atoms with E-state index in [0.717, 1.165) is 16.8 Å². The Kier molecular flexibility index (Phi) is 5.64. The van der Waals surface area contributed by atoms with Crippen LogP contribution >= 0.6 is 0 Å². The van der Waals surface area contributed by atoms with Crippen LogP contribution < -0.4 is 9.62 Å². The summed E-state index contributed by atoms with van der Waals surface area (Å²) in [5.74, 6) is -0.672. The molecule has 0 aliphatic carbocycles. The van der Waals surface area contributed by atoms with E-state index in [-0.39, 0.29) is 4.90 Å². The Bertz CT molecular complexity index is 881. The van der Waals surface area contributed by atoms with Gasteiger partial charge in [0.2, 0.25) is 0 Å². The van der Waals surface area contributed by atoms with Gasteiger partial charge < -0.3 is 4.90 Å². The fraction of sp³-hybridized carbons (Fsp3) is 0.211. The lowest BCUT2D eigenvalue weighted by atomic mass is 10.1. The first-order valence-electron chi connectivity index (χ1n) is 7.78. The van der Waals surface area contributed by atoms with Gasteiger partial charge in [0.05, 0.1) is 4.90 Å². The molecule has 0 saturated heterocycles. The standard InChI is InChI=1S/C19H22N2O3S/c1-14-5-11-18(12-6-14)25(23,24)20-19(22)13-15(2)16-7-9-17(10-8-16)21(3)4/h5-13H,1-4H3,(H,20,22)/b15-13+. The van der Waals surface area contributed by atoms with Crippen LogP contribution in [0.1, 0.15) is 18.1 Å². The number of carbonyl (C=O) groups is 1. The molecule has 0 heterocycles. The van der Waals surface area contributed by atoms with Crippen molar-refractivity contribution in [2.24, 2.45) is 0 Å². The van der Waals surface area contributed by atoms with Crippen LogP contribution in [0.5, 0.6) is 0 Å². The van der Waals surface area contributed by atoms with E-state index < -0.39 is 15.9 Å². The van der Waals surface area contributed by atoms with E-state index in [2.05, 4.69) is 4.72 Å². The van der Waals surface area contributed by atoms with Gasteiger partial charge in [-0.15, -0.1) is 0 Å². The van der Waals surface area contributed by atoms with E-state index in [9.17, 15) is 13.2 Å². The molecule has 0 spiro atoms. The van der Waals surface area contributed by atoms with Gasteiger partial charge in [-0.05, 0) is 49.2 Å². The van der Waals surface area contributed by atoms with Gasteiger partial charge in [-0.1, -0.05) is 29.8 Å². The summed E-state index contributed by atoms with van der Waals surface area (Å²) in [6.07, 6.45) is 1.29. The molecular weight excluding hydrogens is 336 g/mol. The Morgan fingerprint density at radius 2 is 1.56 bits per heavy atom. The third kappa shape index (κ3) is 4.93. The minimum Gasteiger partial charge on any atom is -0.378 e. The van der Waals surface area contributed by atoms with E-state index in [1.54, 1.807) is 19.1 Å². The highest BCUT2D eigenvalue weighted by Gasteiger charge is 2.16. The highest BCUT2D eigenvalue weighted by atomic mass is 32.2. The molecule has 2 rings (SSSR count). The summed E-state index contributed by atoms with van der Waals surface area (Å²) >= 11 is 0. The third-order valence-electron chi connectivity index (χ3n) is 3.75. The zero-order chi connectivity index (χ0) is 18.6. The van der Waals surface area contributed by atoms with Crippen molar-refractivity contribution in [1.82, 2.24) is 4.72 Å². The molecule has 1 amide bonds. The monoisotopic (exact) mass is 358 g/mol. The van der Waals surface area contributed by atoms with E-state index in [4.69, 9.17) is 0 Å². The molecule has 0 aromatic heterocycles. The molecule has 132 valence electrons. The number of aryl methyl sites for hydroxylation is 1. The van der Waals surface area contributed by atoms with Crippen molar-refractivity contribution < 1.29 is 13.2 Å². The number of hydrogen-bond donors (Lipinski definition) is 1. The lowest BCUT2D eigenvalue weighted by Gasteiger charge is -2.12. The smallest absolute Gasteiger partial charge is 0.264 e. The quantitative estimate of drug-likeness (QED) is 0.835. The average molecular weight is 358 g/mol. The van der Waals surface area contributed by atoms with Crippen molar-refractivity contribution in [3.63, 3.8) is 0 Å². The summed E-state index contributed by atoms with van der Waals surface area (Å²) < 4.78 is 26.5. The van der Waals surface area contributed by atoms with Crippen molar-refractivity contribution in [3.05, 3.63) is 65.7 Å². The second-order valence-corrected chi connectivity index (χ2v) is 7.73. The molecule has 2 aromatic carbocycles. The van der Waals surface area contributed by atoms with Gasteiger partial charge in [0, 0.05) is 25.9 Å². The summed E-state index contributed by atoms with van der Waals surface area (Å²) in [5.41, 5.74) is 3.53. The molecule has 0 bridgehead atoms. The number of hydrogen-bond acceptors (Lipinski definition) is 4. The largest absolute Gasteiger partial charge is 0.378 e. The Hall–Kier alpha value is -2.60. The number of amides is 1. The average Bonchev–Trinajstić information content (AvgIpc) is 2.54. The maximum Gasteiger partial charge on any atom is 0.264 e. The molecule has 6 heteroatoms. The van der Waals surface area contributed by atoms with Gasteiger partial charge in [-0.25, -0.2) is 13.1 Å². The summed E-state index contributed by atoms with van der Waals surface area (Å²) in [7, 11) is 0.0182. The lowest BCUT2D eigenvalue weighted by Crippen LogP contribution is -2.29. The molecule has 0 unspecified atom stereocenters. The van der Waals surface area contributed by atoms with E-state index in [0.29, 0.717) is 5.57 Å². The molecule has 2 aromatic rings. The minimum atomic E-state index is -3.87. The van der Waals surface area contributed by atoms with Crippen molar-refractivity contribution in [2.75, 3.05) is 19.0 Å². The van der Waals surface area contributed by atoms with Crippen LogP contribution in [0.2, 0.25) is 0 Å². The summed E-state index contributed by atoms with van der Waals surface area (Å²) in [5, 5.41) is 0. The van der Waals surface area contributed by atoms with Crippen LogP contribution in [-0.4, -0.2) is 28.4 Å². The second-order valence-electron chi connectivity index (χ2n) is 6.05. The van der Waals surface area contributed by atoms with Gasteiger partial charge in [0.25, 0.3) is 15.9 Å². The molecule has 0 atom stereocenters. The number of nitrogens with one attached hydrogen (secondary N) is 1. The van der Waals surface area contributed by atoms with Crippen LogP contribution in [0.4, 0.5) is 5.69 Å². The molecule has 1 N–H and O–H groups in total. The Morgan fingerprint density at radius 1 is 1.00 bits per heavy atom. The first-order valence-corrected chi connectivity index (χ1v) is 9.27. The molecule has 0 radical (unpaired) electrons. The number of rotatable bonds is 5. The first kappa shape index (κ1) is 18.7. The summed E-state index contributed by atoms with van der Waals surface area (Å²) in [6.45, 7) is 3.63. The van der Waals surface area contributed by atoms with Crippen LogP contribution in [0.15, 0.2) is 59.5 Å². The number of carbonyl (C=O) groups excluding carboxylic acids is 1. The van der Waals surface area contributed by atoms with Gasteiger partial charge in [-0.3, -0.25) is 4.79 Å². The van der Waals surface area contributed by atoms with E-state index >= 15 is 0 Å². The molecular formula is C19H22N2O3S. The topological polar surface area (TPSA) is 66.5 Å². The summed E-state index contributed by atoms with van der Waals surface area (Å²) in [4.78, 5) is 14.1. The molecule has 25 heavy (non-hydrogen) atoms. The summed E-state index contributed by atoms with van der Waals surface area (Å²) in [6, 6.07) is 14.0. The molecule has 0 aliphatic heterocycles. The lowest BCUT2D eigenvalue weighted by molar-refractivity contribution is -0.114. The van der Waals surface area contributed by atoms with Gasteiger partial charge >= 0.3 is 0 Å². The molecule has 5 nitrogen and oxygen atoms in total. The number of anilines is 1. The van der Waals surface area contributed by atoms with Gasteiger partial charge in [0.15, 0.2) is 0 Å². The Morgan fingerprint density at radius 3 is 2.08 bits per heavy atom. The minimum absolute atomic E-state index is 0.0628. The van der Waals surface area contributed by atoms with Gasteiger partial charge in [-0.2, -0.15) is 0 Å². The Balaban J connectivity index is 2.14. The van der Waals surface area contributed by atoms with Crippen LogP contribution in [0.25, 0.3) is 5.57 Å². The van der Waals surface area contributed by atoms with Crippen LogP contribution in [0, 0.1) is 6.92 Å². The molecule has 0 fully saturated rings. The third-order valence-corrected chi connectivity index (χ3v) is 5.12. The second kappa shape index (κ2) is 7.53. The first-order chi connectivity index (χ1) is 11.7. The number of allylic oxidation sites excluding steroid dienone is 1. The zero-order valence-electron chi connectivity index (χ0n) is 14.8. The van der Waals surface area contributed by atoms with Crippen LogP contribution in [-0.2, 0) is 14.8 Å². The number of benzene rings is 2. The SMILES string of the molecule is C/C(=C\C(=O)NS(=O)(=O)c1ccc(C)cc1)c1ccc(N(C)C)cc1. The predicted molar refractivity (Wildman–Crippen MR) is 101 cm³/mol. The van der Waals surface area contributed by atoms with Crippen molar-refractivity contribution in [1.29, 1.82) is 0 Å². The van der Waals surface area contributed by atoms with Crippen molar-refractivity contribution in [2.45, 2.75) is 18.7 Å².